The van der Waals surface area contributed by atoms with Crippen molar-refractivity contribution in [1.82, 2.24) is 9.62 Å². The summed E-state index contributed by atoms with van der Waals surface area (Å²) in [5.41, 5.74) is 1.13. The standard InChI is InChI=1S/C20H25N3O5S/c1-23(2)29(26,27)16-9-10-18(28-3)17(14-16)22-19(24)11-12-21-20(25)13-15-7-5-4-6-8-15/h4-10,14H,11-13H2,1-3H3,(H,21,25)(H,22,24). The van der Waals surface area contributed by atoms with Crippen molar-refractivity contribution in [1.29, 1.82) is 0 Å². The Bertz CT molecular complexity index is 959. The first-order chi connectivity index (χ1) is 13.7. The number of carbonyl (C=O) groups excluding carboxylic acids is 2. The number of nitrogens with zero attached hydrogens (tertiary/aromatic N) is 1. The monoisotopic (exact) mass is 419 g/mol. The number of benzene rings is 2. The number of ether oxygens (including phenoxy) is 1. The minimum absolute atomic E-state index is 0.0361. The van der Waals surface area contributed by atoms with Crippen LogP contribution in [0.2, 0.25) is 0 Å². The van der Waals surface area contributed by atoms with Gasteiger partial charge in [0.15, 0.2) is 0 Å². The van der Waals surface area contributed by atoms with E-state index in [-0.39, 0.29) is 41.8 Å². The number of rotatable bonds is 9. The number of hydrogen-bond acceptors (Lipinski definition) is 5. The van der Waals surface area contributed by atoms with Crippen LogP contribution < -0.4 is 15.4 Å². The van der Waals surface area contributed by atoms with Gasteiger partial charge in [-0.05, 0) is 23.8 Å². The topological polar surface area (TPSA) is 105 Å². The number of hydrogen-bond donors (Lipinski definition) is 2. The highest BCUT2D eigenvalue weighted by Gasteiger charge is 2.19. The van der Waals surface area contributed by atoms with E-state index in [2.05, 4.69) is 10.6 Å². The van der Waals surface area contributed by atoms with Crippen LogP contribution in [0.5, 0.6) is 5.75 Å². The molecule has 156 valence electrons. The van der Waals surface area contributed by atoms with E-state index in [9.17, 15) is 18.0 Å². The van der Waals surface area contributed by atoms with Gasteiger partial charge in [-0.3, -0.25) is 9.59 Å². The fraction of sp³-hybridized carbons (Fsp3) is 0.300. The average Bonchev–Trinajstić information content (AvgIpc) is 2.68. The van der Waals surface area contributed by atoms with Crippen LogP contribution in [-0.2, 0) is 26.0 Å². The number of anilines is 1. The normalized spacial score (nSPS) is 11.2. The predicted octanol–water partition coefficient (Wildman–Crippen LogP) is 1.63. The summed E-state index contributed by atoms with van der Waals surface area (Å²) in [6, 6.07) is 13.5. The van der Waals surface area contributed by atoms with E-state index < -0.39 is 10.0 Å². The molecule has 0 aliphatic heterocycles. The van der Waals surface area contributed by atoms with Crippen molar-refractivity contribution in [2.45, 2.75) is 17.7 Å². The van der Waals surface area contributed by atoms with Gasteiger partial charge in [-0.1, -0.05) is 30.3 Å². The minimum atomic E-state index is -3.65. The van der Waals surface area contributed by atoms with Crippen LogP contribution in [-0.4, -0.2) is 52.3 Å². The molecule has 0 bridgehead atoms. The van der Waals surface area contributed by atoms with Crippen LogP contribution in [0, 0.1) is 0 Å². The summed E-state index contributed by atoms with van der Waals surface area (Å²) >= 11 is 0. The summed E-state index contributed by atoms with van der Waals surface area (Å²) in [6.07, 6.45) is 0.273. The van der Waals surface area contributed by atoms with Crippen molar-refractivity contribution in [3.8, 4) is 5.75 Å². The van der Waals surface area contributed by atoms with Gasteiger partial charge in [0.25, 0.3) is 0 Å². The molecule has 29 heavy (non-hydrogen) atoms. The minimum Gasteiger partial charge on any atom is -0.495 e. The smallest absolute Gasteiger partial charge is 0.242 e. The Labute approximate surface area is 170 Å². The maximum Gasteiger partial charge on any atom is 0.242 e. The van der Waals surface area contributed by atoms with E-state index in [1.807, 2.05) is 30.3 Å². The number of carbonyl (C=O) groups is 2. The lowest BCUT2D eigenvalue weighted by atomic mass is 10.1. The van der Waals surface area contributed by atoms with Gasteiger partial charge >= 0.3 is 0 Å². The second-order valence-electron chi connectivity index (χ2n) is 6.46. The molecule has 8 nitrogen and oxygen atoms in total. The van der Waals surface area contributed by atoms with Crippen LogP contribution in [0.25, 0.3) is 0 Å². The molecular weight excluding hydrogens is 394 g/mol. The third-order valence-corrected chi connectivity index (χ3v) is 5.92. The second-order valence-corrected chi connectivity index (χ2v) is 8.61. The molecule has 0 aliphatic rings. The molecule has 0 heterocycles. The molecule has 0 aliphatic carbocycles. The summed E-state index contributed by atoms with van der Waals surface area (Å²) in [4.78, 5) is 24.2. The first-order valence-electron chi connectivity index (χ1n) is 8.95. The molecule has 0 saturated heterocycles. The number of sulfonamides is 1. The van der Waals surface area contributed by atoms with Gasteiger partial charge in [0.05, 0.1) is 24.1 Å². The van der Waals surface area contributed by atoms with Crippen molar-refractivity contribution in [2.24, 2.45) is 0 Å². The molecule has 2 N–H and O–H groups in total. The Hall–Kier alpha value is -2.91. The Balaban J connectivity index is 1.95. The van der Waals surface area contributed by atoms with E-state index in [0.29, 0.717) is 5.75 Å². The van der Waals surface area contributed by atoms with Gasteiger partial charge in [-0.15, -0.1) is 0 Å². The molecule has 0 atom stereocenters. The van der Waals surface area contributed by atoms with Crippen LogP contribution in [0.4, 0.5) is 5.69 Å². The molecule has 0 radical (unpaired) electrons. The third kappa shape index (κ3) is 6.30. The molecular formula is C20H25N3O5S. The molecule has 0 saturated carbocycles. The van der Waals surface area contributed by atoms with Crippen LogP contribution >= 0.6 is 0 Å². The van der Waals surface area contributed by atoms with E-state index >= 15 is 0 Å². The van der Waals surface area contributed by atoms with Gasteiger partial charge in [-0.25, -0.2) is 12.7 Å². The fourth-order valence-electron chi connectivity index (χ4n) is 2.53. The lowest BCUT2D eigenvalue weighted by Gasteiger charge is -2.15. The fourth-order valence-corrected chi connectivity index (χ4v) is 3.46. The van der Waals surface area contributed by atoms with E-state index in [4.69, 9.17) is 4.74 Å². The van der Waals surface area contributed by atoms with Crippen molar-refractivity contribution >= 4 is 27.5 Å². The number of methoxy groups -OCH3 is 1. The van der Waals surface area contributed by atoms with Crippen molar-refractivity contribution < 1.29 is 22.7 Å². The molecule has 2 rings (SSSR count). The lowest BCUT2D eigenvalue weighted by Crippen LogP contribution is -2.29. The molecule has 0 fully saturated rings. The Morgan fingerprint density at radius 3 is 2.34 bits per heavy atom. The van der Waals surface area contributed by atoms with Crippen molar-refractivity contribution in [3.05, 3.63) is 54.1 Å². The molecule has 9 heteroatoms. The van der Waals surface area contributed by atoms with Crippen LogP contribution in [0.3, 0.4) is 0 Å². The molecule has 2 aromatic carbocycles. The van der Waals surface area contributed by atoms with Gasteiger partial charge in [0.2, 0.25) is 21.8 Å². The summed E-state index contributed by atoms with van der Waals surface area (Å²) < 4.78 is 30.9. The van der Waals surface area contributed by atoms with Gasteiger partial charge in [0.1, 0.15) is 5.75 Å². The zero-order valence-corrected chi connectivity index (χ0v) is 17.5. The summed E-state index contributed by atoms with van der Waals surface area (Å²) in [5, 5.41) is 5.33. The third-order valence-electron chi connectivity index (χ3n) is 4.11. The molecule has 2 amide bonds. The summed E-state index contributed by atoms with van der Waals surface area (Å²) in [7, 11) is 0.630. The first kappa shape index (κ1) is 22.4. The zero-order chi connectivity index (χ0) is 21.4. The highest BCUT2D eigenvalue weighted by molar-refractivity contribution is 7.89. The Morgan fingerprint density at radius 1 is 1.03 bits per heavy atom. The van der Waals surface area contributed by atoms with Crippen molar-refractivity contribution in [3.63, 3.8) is 0 Å². The number of nitrogens with one attached hydrogen (secondary N) is 2. The van der Waals surface area contributed by atoms with E-state index in [1.165, 1.54) is 39.4 Å². The lowest BCUT2D eigenvalue weighted by molar-refractivity contribution is -0.120. The molecule has 0 spiro atoms. The van der Waals surface area contributed by atoms with Crippen LogP contribution in [0.1, 0.15) is 12.0 Å². The van der Waals surface area contributed by atoms with E-state index in [1.54, 1.807) is 0 Å². The van der Waals surface area contributed by atoms with Crippen LogP contribution in [0.15, 0.2) is 53.4 Å². The highest BCUT2D eigenvalue weighted by Crippen LogP contribution is 2.28. The predicted molar refractivity (Wildman–Crippen MR) is 110 cm³/mol. The maximum atomic E-state index is 12.3. The van der Waals surface area contributed by atoms with Crippen molar-refractivity contribution in [2.75, 3.05) is 33.1 Å². The Morgan fingerprint density at radius 2 is 1.72 bits per heavy atom. The molecule has 0 aromatic heterocycles. The van der Waals surface area contributed by atoms with Gasteiger partial charge in [0, 0.05) is 27.1 Å². The highest BCUT2D eigenvalue weighted by atomic mass is 32.2. The van der Waals surface area contributed by atoms with Gasteiger partial charge in [-0.2, -0.15) is 0 Å². The Kier molecular flexibility index (Phi) is 7.74. The second kappa shape index (κ2) is 10.0. The molecule has 0 unspecified atom stereocenters. The summed E-state index contributed by atoms with van der Waals surface area (Å²) in [5.74, 6) is -0.215. The summed E-state index contributed by atoms with van der Waals surface area (Å²) in [6.45, 7) is 0.162. The maximum absolute atomic E-state index is 12.3. The molecule has 2 aromatic rings. The largest absolute Gasteiger partial charge is 0.495 e. The quantitative estimate of drug-likeness (QED) is 0.643. The SMILES string of the molecule is COc1ccc(S(=O)(=O)N(C)C)cc1NC(=O)CCNC(=O)Cc1ccccc1. The zero-order valence-electron chi connectivity index (χ0n) is 16.6. The average molecular weight is 420 g/mol. The van der Waals surface area contributed by atoms with E-state index in [0.717, 1.165) is 9.87 Å². The first-order valence-corrected chi connectivity index (χ1v) is 10.4. The van der Waals surface area contributed by atoms with Gasteiger partial charge < -0.3 is 15.4 Å². The number of amides is 2.